The zero-order chi connectivity index (χ0) is 13.1. The molecule has 2 heterocycles. The van der Waals surface area contributed by atoms with Gasteiger partial charge in [-0.2, -0.15) is 5.26 Å². The van der Waals surface area contributed by atoms with Gasteiger partial charge >= 0.3 is 5.97 Å². The second kappa shape index (κ2) is 5.05. The van der Waals surface area contributed by atoms with Crippen molar-refractivity contribution < 1.29 is 9.90 Å². The monoisotopic (exact) mass is 245 g/mol. The molecule has 0 bridgehead atoms. The van der Waals surface area contributed by atoms with Crippen molar-refractivity contribution in [3.8, 4) is 6.07 Å². The van der Waals surface area contributed by atoms with E-state index in [0.29, 0.717) is 25.1 Å². The highest BCUT2D eigenvalue weighted by Crippen LogP contribution is 2.27. The summed E-state index contributed by atoms with van der Waals surface area (Å²) >= 11 is 0. The predicted molar refractivity (Wildman–Crippen MR) is 66.1 cm³/mol. The van der Waals surface area contributed by atoms with Crippen molar-refractivity contribution in [2.24, 2.45) is 5.92 Å². The van der Waals surface area contributed by atoms with Crippen molar-refractivity contribution >= 4 is 11.7 Å². The molecule has 2 unspecified atom stereocenters. The van der Waals surface area contributed by atoms with Gasteiger partial charge in [-0.05, 0) is 31.9 Å². The lowest BCUT2D eigenvalue weighted by Gasteiger charge is -2.37. The minimum atomic E-state index is -0.709. The van der Waals surface area contributed by atoms with Crippen LogP contribution in [0.3, 0.4) is 0 Å². The topological polar surface area (TPSA) is 77.2 Å². The third kappa shape index (κ3) is 2.43. The summed E-state index contributed by atoms with van der Waals surface area (Å²) in [5.41, 5.74) is 1.34. The van der Waals surface area contributed by atoms with E-state index in [1.165, 1.54) is 0 Å². The number of carboxylic acid groups (broad SMARTS) is 1. The van der Waals surface area contributed by atoms with Gasteiger partial charge in [0.25, 0.3) is 0 Å². The number of hydrogen-bond donors (Lipinski definition) is 1. The van der Waals surface area contributed by atoms with Crippen LogP contribution in [0.5, 0.6) is 0 Å². The molecule has 2 atom stereocenters. The highest BCUT2D eigenvalue weighted by atomic mass is 16.4. The van der Waals surface area contributed by atoms with E-state index in [0.717, 1.165) is 5.69 Å². The number of rotatable bonds is 2. The van der Waals surface area contributed by atoms with Gasteiger partial charge in [-0.15, -0.1) is 0 Å². The molecular weight excluding hydrogens is 230 g/mol. The average Bonchev–Trinajstić information content (AvgIpc) is 2.38. The number of aromatic nitrogens is 1. The number of anilines is 1. The Bertz CT molecular complexity index is 478. The first-order valence-electron chi connectivity index (χ1n) is 5.97. The van der Waals surface area contributed by atoms with Crippen LogP contribution < -0.4 is 4.90 Å². The lowest BCUT2D eigenvalue weighted by atomic mass is 9.91. The molecular formula is C13H15N3O2. The van der Waals surface area contributed by atoms with Crippen LogP contribution in [0.25, 0.3) is 0 Å². The fourth-order valence-corrected chi connectivity index (χ4v) is 2.40. The molecule has 1 aromatic rings. The van der Waals surface area contributed by atoms with Gasteiger partial charge in [-0.3, -0.25) is 4.79 Å². The first kappa shape index (κ1) is 12.4. The Morgan fingerprint density at radius 1 is 1.61 bits per heavy atom. The molecule has 2 rings (SSSR count). The van der Waals surface area contributed by atoms with E-state index >= 15 is 0 Å². The Balaban J connectivity index is 2.10. The maximum absolute atomic E-state index is 11.0. The molecule has 5 nitrogen and oxygen atoms in total. The van der Waals surface area contributed by atoms with Gasteiger partial charge < -0.3 is 10.0 Å². The van der Waals surface area contributed by atoms with Gasteiger partial charge in [0.15, 0.2) is 0 Å². The smallest absolute Gasteiger partial charge is 0.306 e. The van der Waals surface area contributed by atoms with Crippen molar-refractivity contribution in [2.45, 2.75) is 25.8 Å². The molecule has 1 fully saturated rings. The quantitative estimate of drug-likeness (QED) is 0.857. The lowest BCUT2D eigenvalue weighted by Crippen LogP contribution is -2.42. The molecule has 0 saturated carbocycles. The number of aliphatic carboxylic acids is 1. The normalized spacial score (nSPS) is 23.4. The third-order valence-corrected chi connectivity index (χ3v) is 3.42. The highest BCUT2D eigenvalue weighted by molar-refractivity contribution is 5.70. The summed E-state index contributed by atoms with van der Waals surface area (Å²) in [6.07, 6.45) is 2.98. The molecule has 0 radical (unpaired) electrons. The Hall–Kier alpha value is -2.09. The average molecular weight is 245 g/mol. The first-order chi connectivity index (χ1) is 8.61. The van der Waals surface area contributed by atoms with Crippen LogP contribution in [0.2, 0.25) is 0 Å². The number of nitrogens with zero attached hydrogens (tertiary/aromatic N) is 3. The second-order valence-electron chi connectivity index (χ2n) is 4.62. The molecule has 1 aliphatic rings. The maximum Gasteiger partial charge on any atom is 0.306 e. The summed E-state index contributed by atoms with van der Waals surface area (Å²) in [5.74, 6) is -0.956. The van der Waals surface area contributed by atoms with Gasteiger partial charge in [-0.25, -0.2) is 4.98 Å². The summed E-state index contributed by atoms with van der Waals surface area (Å²) in [6.45, 7) is 2.74. The highest BCUT2D eigenvalue weighted by Gasteiger charge is 2.29. The maximum atomic E-state index is 11.0. The Morgan fingerprint density at radius 2 is 2.39 bits per heavy atom. The molecule has 5 heteroatoms. The molecule has 0 aromatic carbocycles. The fraction of sp³-hybridized carbons (Fsp3) is 0.462. The zero-order valence-corrected chi connectivity index (χ0v) is 10.2. The summed E-state index contributed by atoms with van der Waals surface area (Å²) in [7, 11) is 0. The molecule has 94 valence electrons. The van der Waals surface area contributed by atoms with E-state index < -0.39 is 5.97 Å². The Kier molecular flexibility index (Phi) is 3.47. The van der Waals surface area contributed by atoms with Crippen molar-refractivity contribution in [1.82, 2.24) is 4.98 Å². The van der Waals surface area contributed by atoms with Crippen molar-refractivity contribution in [2.75, 3.05) is 11.4 Å². The zero-order valence-electron chi connectivity index (χ0n) is 10.2. The van der Waals surface area contributed by atoms with Gasteiger partial charge in [0, 0.05) is 12.6 Å². The fourth-order valence-electron chi connectivity index (χ4n) is 2.40. The van der Waals surface area contributed by atoms with Crippen molar-refractivity contribution in [3.63, 3.8) is 0 Å². The van der Waals surface area contributed by atoms with E-state index in [1.54, 1.807) is 12.3 Å². The van der Waals surface area contributed by atoms with E-state index in [-0.39, 0.29) is 12.0 Å². The first-order valence-corrected chi connectivity index (χ1v) is 5.97. The minimum Gasteiger partial charge on any atom is -0.481 e. The van der Waals surface area contributed by atoms with Gasteiger partial charge in [0.05, 0.1) is 17.8 Å². The number of piperidine rings is 1. The van der Waals surface area contributed by atoms with E-state index in [4.69, 9.17) is 10.4 Å². The lowest BCUT2D eigenvalue weighted by molar-refractivity contribution is -0.142. The molecule has 1 saturated heterocycles. The summed E-state index contributed by atoms with van der Waals surface area (Å²) in [6, 6.07) is 5.71. The molecule has 0 amide bonds. The second-order valence-corrected chi connectivity index (χ2v) is 4.62. The largest absolute Gasteiger partial charge is 0.481 e. The van der Waals surface area contributed by atoms with Crippen LogP contribution in [0, 0.1) is 17.2 Å². The number of carboxylic acids is 1. The van der Waals surface area contributed by atoms with Crippen LogP contribution in [-0.4, -0.2) is 28.6 Å². The van der Waals surface area contributed by atoms with Crippen LogP contribution >= 0.6 is 0 Å². The van der Waals surface area contributed by atoms with Crippen LogP contribution in [-0.2, 0) is 4.79 Å². The van der Waals surface area contributed by atoms with Crippen molar-refractivity contribution in [1.29, 1.82) is 5.26 Å². The summed E-state index contributed by atoms with van der Waals surface area (Å²) in [5, 5.41) is 17.7. The van der Waals surface area contributed by atoms with E-state index in [1.807, 2.05) is 19.1 Å². The minimum absolute atomic E-state index is 0.176. The number of hydrogen-bond acceptors (Lipinski definition) is 4. The molecule has 0 aliphatic carbocycles. The number of carbonyl (C=O) groups is 1. The summed E-state index contributed by atoms with van der Waals surface area (Å²) in [4.78, 5) is 17.1. The molecule has 1 N–H and O–H groups in total. The molecule has 18 heavy (non-hydrogen) atoms. The van der Waals surface area contributed by atoms with Crippen molar-refractivity contribution in [3.05, 3.63) is 24.0 Å². The molecule has 1 aliphatic heterocycles. The van der Waals surface area contributed by atoms with Gasteiger partial charge in [0.1, 0.15) is 11.8 Å². The van der Waals surface area contributed by atoms with E-state index in [2.05, 4.69) is 9.88 Å². The molecule has 1 aromatic heterocycles. The predicted octanol–water partition coefficient (Wildman–Crippen LogP) is 1.64. The van der Waals surface area contributed by atoms with Crippen LogP contribution in [0.15, 0.2) is 18.3 Å². The number of nitriles is 1. The van der Waals surface area contributed by atoms with E-state index in [9.17, 15) is 4.79 Å². The van der Waals surface area contributed by atoms with Gasteiger partial charge in [0.2, 0.25) is 0 Å². The molecule has 0 spiro atoms. The summed E-state index contributed by atoms with van der Waals surface area (Å²) < 4.78 is 0. The third-order valence-electron chi connectivity index (χ3n) is 3.42. The Labute approximate surface area is 106 Å². The Morgan fingerprint density at radius 3 is 2.89 bits per heavy atom. The number of pyridine rings is 1. The SMILES string of the molecule is CC1CC(C(=O)O)CCN1c1ccc(C#N)nc1. The standard InChI is InChI=1S/C13H15N3O2/c1-9-6-10(13(17)18)4-5-16(9)12-3-2-11(7-14)15-8-12/h2-3,8-10H,4-6H2,1H3,(H,17,18). The van der Waals surface area contributed by atoms with Crippen LogP contribution in [0.1, 0.15) is 25.5 Å². The van der Waals surface area contributed by atoms with Crippen LogP contribution in [0.4, 0.5) is 5.69 Å². The van der Waals surface area contributed by atoms with Gasteiger partial charge in [-0.1, -0.05) is 0 Å².